The van der Waals surface area contributed by atoms with Crippen molar-refractivity contribution >= 4 is 79.0 Å². The zero-order valence-corrected chi connectivity index (χ0v) is 36.8. The molecule has 1 N–H and O–H groups in total. The first-order valence-corrected chi connectivity index (χ1v) is 22.1. The molecule has 0 saturated carbocycles. The van der Waals surface area contributed by atoms with E-state index in [4.69, 9.17) is 0 Å². The predicted octanol–water partition coefficient (Wildman–Crippen LogP) is 14.5. The van der Waals surface area contributed by atoms with Crippen LogP contribution in [0.15, 0.2) is 230 Å². The van der Waals surface area contributed by atoms with Crippen molar-refractivity contribution in [3.8, 4) is 5.69 Å². The minimum atomic E-state index is 0.0236. The zero-order valence-electron chi connectivity index (χ0n) is 36.8. The Hall–Kier alpha value is -7.76. The summed E-state index contributed by atoms with van der Waals surface area (Å²) in [4.78, 5) is 2.32. The molecule has 10 rings (SSSR count). The van der Waals surface area contributed by atoms with E-state index < -0.39 is 0 Å². The van der Waals surface area contributed by atoms with Gasteiger partial charge in [0.05, 0.1) is 27.8 Å². The fraction of sp³-hybridized carbons (Fsp3) is 0.0847. The largest absolute Gasteiger partial charge is 0.362 e. The summed E-state index contributed by atoms with van der Waals surface area (Å²) in [7, 11) is 2.20. The van der Waals surface area contributed by atoms with Crippen LogP contribution in [0.25, 0.3) is 60.6 Å². The van der Waals surface area contributed by atoms with Crippen LogP contribution in [0.5, 0.6) is 0 Å². The summed E-state index contributed by atoms with van der Waals surface area (Å²) < 4.78 is 4.74. The molecule has 1 aliphatic heterocycles. The highest BCUT2D eigenvalue weighted by atomic mass is 15.1. The molecule has 0 unspecified atom stereocenters. The van der Waals surface area contributed by atoms with Gasteiger partial charge in [-0.05, 0) is 96.4 Å². The number of allylic oxidation sites excluding steroid dienone is 8. The summed E-state index contributed by atoms with van der Waals surface area (Å²) in [5.41, 5.74) is 14.6. The van der Waals surface area contributed by atoms with E-state index >= 15 is 0 Å². The number of rotatable bonds is 6. The van der Waals surface area contributed by atoms with Crippen LogP contribution in [0.1, 0.15) is 38.8 Å². The first kappa shape index (κ1) is 40.3. The van der Waals surface area contributed by atoms with Crippen LogP contribution in [0.4, 0.5) is 11.4 Å². The molecular formula is C59H50BN4. The van der Waals surface area contributed by atoms with Gasteiger partial charge in [0, 0.05) is 56.1 Å². The Balaban J connectivity index is 1.11. The van der Waals surface area contributed by atoms with Gasteiger partial charge in [0.25, 0.3) is 0 Å². The van der Waals surface area contributed by atoms with Crippen molar-refractivity contribution in [2.24, 2.45) is 0 Å². The third-order valence-corrected chi connectivity index (χ3v) is 12.3. The lowest BCUT2D eigenvalue weighted by molar-refractivity contribution is 0.590. The molecule has 4 nitrogen and oxygen atoms in total. The molecule has 0 atom stereocenters. The Bertz CT molecular complexity index is 3260. The maximum atomic E-state index is 3.65. The van der Waals surface area contributed by atoms with Crippen molar-refractivity contribution in [1.82, 2.24) is 9.13 Å². The van der Waals surface area contributed by atoms with Crippen LogP contribution < -0.4 is 15.7 Å². The van der Waals surface area contributed by atoms with Gasteiger partial charge >= 0.3 is 0 Å². The number of para-hydroxylation sites is 4. The molecule has 2 aromatic heterocycles. The monoisotopic (exact) mass is 825 g/mol. The van der Waals surface area contributed by atoms with Gasteiger partial charge in [0.15, 0.2) is 7.28 Å². The van der Waals surface area contributed by atoms with Gasteiger partial charge in [0.2, 0.25) is 0 Å². The summed E-state index contributed by atoms with van der Waals surface area (Å²) in [6, 6.07) is 61.1. The maximum absolute atomic E-state index is 3.65. The molecule has 7 aromatic carbocycles. The van der Waals surface area contributed by atoms with Gasteiger partial charge in [-0.3, -0.25) is 0 Å². The molecule has 0 spiro atoms. The van der Waals surface area contributed by atoms with Crippen molar-refractivity contribution in [2.45, 2.75) is 33.1 Å². The lowest BCUT2D eigenvalue weighted by Crippen LogP contribution is -2.21. The number of fused-ring (bicyclic) bond motifs is 7. The fourth-order valence-electron chi connectivity index (χ4n) is 9.07. The van der Waals surface area contributed by atoms with Crippen molar-refractivity contribution in [3.63, 3.8) is 0 Å². The molecule has 0 fully saturated rings. The van der Waals surface area contributed by atoms with E-state index in [2.05, 4.69) is 273 Å². The van der Waals surface area contributed by atoms with E-state index in [1.807, 2.05) is 6.20 Å². The Morgan fingerprint density at radius 3 is 1.75 bits per heavy atom. The lowest BCUT2D eigenvalue weighted by atomic mass is 9.69. The second kappa shape index (κ2) is 17.2. The standard InChI is InChI=1S/C59H50BN4/c1-5-44(63-55-26-13-9-21-48(55)49-22-10-14-27-56(49)63)34-36-47(42-19-7-6-8-20-42)54-25-17-18-39-61-53-41-46(64-57-28-15-11-23-50(57)51-24-12-16-29-58(51)64)35-37-52(53)60-38-40-62(54)45-32-30-43(31-33-45)59(2,3)4/h5-41,61H,1-4H3/b25-17-,36-34-,39-18+,40-38-,44-5+,54-47+. The topological polar surface area (TPSA) is 25.1 Å². The minimum absolute atomic E-state index is 0.0236. The second-order valence-corrected chi connectivity index (χ2v) is 17.3. The van der Waals surface area contributed by atoms with Gasteiger partial charge in [-0.25, -0.2) is 0 Å². The van der Waals surface area contributed by atoms with Crippen LogP contribution >= 0.6 is 0 Å². The number of nitrogens with zero attached hydrogens (tertiary/aromatic N) is 3. The normalized spacial score (nSPS) is 16.0. The zero-order chi connectivity index (χ0) is 43.6. The van der Waals surface area contributed by atoms with Crippen molar-refractivity contribution in [2.75, 3.05) is 10.2 Å². The van der Waals surface area contributed by atoms with E-state index in [1.54, 1.807) is 0 Å². The second-order valence-electron chi connectivity index (χ2n) is 17.3. The van der Waals surface area contributed by atoms with E-state index in [-0.39, 0.29) is 5.41 Å². The average Bonchev–Trinajstić information content (AvgIpc) is 3.84. The smallest absolute Gasteiger partial charge is 0.186 e. The lowest BCUT2D eigenvalue weighted by Gasteiger charge is -2.27. The molecule has 64 heavy (non-hydrogen) atoms. The number of hydrogen-bond donors (Lipinski definition) is 1. The van der Waals surface area contributed by atoms with Gasteiger partial charge in [0.1, 0.15) is 0 Å². The highest BCUT2D eigenvalue weighted by Gasteiger charge is 2.19. The number of nitrogens with one attached hydrogen (secondary N) is 1. The molecule has 1 aliphatic rings. The third-order valence-electron chi connectivity index (χ3n) is 12.3. The predicted molar refractivity (Wildman–Crippen MR) is 277 cm³/mol. The quantitative estimate of drug-likeness (QED) is 0.133. The van der Waals surface area contributed by atoms with Gasteiger partial charge in [-0.1, -0.05) is 172 Å². The summed E-state index contributed by atoms with van der Waals surface area (Å²) >= 11 is 0. The average molecular weight is 826 g/mol. The van der Waals surface area contributed by atoms with Gasteiger partial charge in [-0.2, -0.15) is 0 Å². The minimum Gasteiger partial charge on any atom is -0.362 e. The van der Waals surface area contributed by atoms with E-state index in [0.29, 0.717) is 0 Å². The highest BCUT2D eigenvalue weighted by molar-refractivity contribution is 6.60. The Morgan fingerprint density at radius 2 is 1.14 bits per heavy atom. The number of aromatic nitrogens is 2. The molecule has 9 aromatic rings. The Morgan fingerprint density at radius 1 is 0.578 bits per heavy atom. The molecule has 0 saturated heterocycles. The first-order valence-electron chi connectivity index (χ1n) is 22.1. The van der Waals surface area contributed by atoms with Crippen LogP contribution in [0.3, 0.4) is 0 Å². The third kappa shape index (κ3) is 7.60. The van der Waals surface area contributed by atoms with Crippen LogP contribution in [0.2, 0.25) is 0 Å². The number of hydrogen-bond acceptors (Lipinski definition) is 2. The molecule has 3 heterocycles. The van der Waals surface area contributed by atoms with Gasteiger partial charge < -0.3 is 19.4 Å². The van der Waals surface area contributed by atoms with Crippen LogP contribution in [-0.2, 0) is 5.41 Å². The van der Waals surface area contributed by atoms with E-state index in [9.17, 15) is 0 Å². The van der Waals surface area contributed by atoms with Crippen molar-refractivity contribution in [1.29, 1.82) is 0 Å². The highest BCUT2D eigenvalue weighted by Crippen LogP contribution is 2.36. The molecule has 0 amide bonds. The Kier molecular flexibility index (Phi) is 10.8. The number of benzene rings is 7. The van der Waals surface area contributed by atoms with Crippen LogP contribution in [-0.4, -0.2) is 16.4 Å². The molecule has 0 aliphatic carbocycles. The fourth-order valence-corrected chi connectivity index (χ4v) is 9.07. The number of anilines is 2. The summed E-state index contributed by atoms with van der Waals surface area (Å²) in [5.74, 6) is 2.17. The summed E-state index contributed by atoms with van der Waals surface area (Å²) in [6.07, 6.45) is 17.4. The SMILES string of the molecule is C\C=C(/C=C\C(=C1\C=C/C=C/Nc2cc(-n3c4ccccc4c4ccccc43)ccc2[B]/C=C\N1c1ccc(C(C)(C)C)cc1)c1ccccc1)n1c2ccccc2c2ccccc21. The van der Waals surface area contributed by atoms with Crippen LogP contribution in [0, 0.1) is 0 Å². The summed E-state index contributed by atoms with van der Waals surface area (Å²) in [5, 5.41) is 8.62. The van der Waals surface area contributed by atoms with E-state index in [0.717, 1.165) is 45.1 Å². The first-order chi connectivity index (χ1) is 31.4. The van der Waals surface area contributed by atoms with E-state index in [1.165, 1.54) is 49.2 Å². The van der Waals surface area contributed by atoms with Crippen molar-refractivity contribution < 1.29 is 0 Å². The molecule has 1 radical (unpaired) electrons. The molecule has 309 valence electrons. The summed E-state index contributed by atoms with van der Waals surface area (Å²) in [6.45, 7) is 8.91. The van der Waals surface area contributed by atoms with Crippen molar-refractivity contribution in [3.05, 3.63) is 242 Å². The molecule has 0 bridgehead atoms. The molecule has 5 heteroatoms. The molecular weight excluding hydrogens is 775 g/mol. The Labute approximate surface area is 377 Å². The maximum Gasteiger partial charge on any atom is 0.186 e. The van der Waals surface area contributed by atoms with Gasteiger partial charge in [-0.15, -0.1) is 0 Å².